The van der Waals surface area contributed by atoms with Gasteiger partial charge in [-0.05, 0) is 44.7 Å². The monoisotopic (exact) mass is 263 g/mol. The van der Waals surface area contributed by atoms with Crippen LogP contribution in [0.15, 0.2) is 18.2 Å². The molecule has 19 heavy (non-hydrogen) atoms. The number of hydrogen-bond donors (Lipinski definition) is 1. The number of hydrogen-bond acceptors (Lipinski definition) is 4. The molecule has 1 aliphatic heterocycles. The van der Waals surface area contributed by atoms with Gasteiger partial charge in [0.2, 0.25) is 0 Å². The van der Waals surface area contributed by atoms with Crippen LogP contribution in [0.3, 0.4) is 0 Å². The Bertz CT molecular complexity index is 460. The number of nitrogens with two attached hydrogens (primary N) is 1. The van der Waals surface area contributed by atoms with Crippen molar-refractivity contribution in [1.29, 1.82) is 0 Å². The predicted octanol–water partition coefficient (Wildman–Crippen LogP) is 2.61. The van der Waals surface area contributed by atoms with Crippen LogP contribution in [0.1, 0.15) is 31.2 Å². The summed E-state index contributed by atoms with van der Waals surface area (Å²) >= 11 is 0. The second kappa shape index (κ2) is 6.02. The summed E-state index contributed by atoms with van der Waals surface area (Å²) in [5.74, 6) is 0. The summed E-state index contributed by atoms with van der Waals surface area (Å²) in [4.78, 5) is 12.9. The molecule has 5 nitrogen and oxygen atoms in total. The van der Waals surface area contributed by atoms with Crippen LogP contribution < -0.4 is 10.6 Å². The van der Waals surface area contributed by atoms with E-state index in [2.05, 4.69) is 4.90 Å². The fourth-order valence-electron chi connectivity index (χ4n) is 2.83. The number of benzene rings is 1. The summed E-state index contributed by atoms with van der Waals surface area (Å²) in [6.07, 6.45) is 4.43. The Morgan fingerprint density at radius 3 is 2.95 bits per heavy atom. The molecule has 0 bridgehead atoms. The molecule has 2 N–H and O–H groups in total. The van der Waals surface area contributed by atoms with E-state index in [0.29, 0.717) is 12.6 Å². The van der Waals surface area contributed by atoms with Crippen LogP contribution in [-0.4, -0.2) is 24.1 Å². The van der Waals surface area contributed by atoms with E-state index in [0.717, 1.165) is 37.1 Å². The normalized spacial score (nSPS) is 19.5. The van der Waals surface area contributed by atoms with Crippen molar-refractivity contribution in [3.8, 4) is 0 Å². The first kappa shape index (κ1) is 13.8. The van der Waals surface area contributed by atoms with E-state index >= 15 is 0 Å². The molecule has 0 spiro atoms. The minimum Gasteiger partial charge on any atom is -0.368 e. The van der Waals surface area contributed by atoms with Crippen LogP contribution in [0.25, 0.3) is 0 Å². The summed E-state index contributed by atoms with van der Waals surface area (Å²) in [5.41, 5.74) is 7.93. The van der Waals surface area contributed by atoms with Gasteiger partial charge < -0.3 is 10.6 Å². The molecule has 1 aromatic carbocycles. The van der Waals surface area contributed by atoms with Crippen LogP contribution in [0.2, 0.25) is 0 Å². The fourth-order valence-corrected chi connectivity index (χ4v) is 2.83. The molecule has 0 saturated carbocycles. The number of nitro benzene ring substituents is 1. The van der Waals surface area contributed by atoms with Gasteiger partial charge in [-0.25, -0.2) is 0 Å². The van der Waals surface area contributed by atoms with Crippen LogP contribution in [0, 0.1) is 17.0 Å². The molecule has 1 aromatic rings. The second-order valence-electron chi connectivity index (χ2n) is 5.15. The van der Waals surface area contributed by atoms with Gasteiger partial charge >= 0.3 is 0 Å². The minimum absolute atomic E-state index is 0.165. The van der Waals surface area contributed by atoms with Crippen LogP contribution in [-0.2, 0) is 0 Å². The van der Waals surface area contributed by atoms with E-state index in [1.54, 1.807) is 12.1 Å². The molecule has 1 aliphatic rings. The summed E-state index contributed by atoms with van der Waals surface area (Å²) in [5, 5.41) is 10.9. The molecule has 1 fully saturated rings. The lowest BCUT2D eigenvalue weighted by molar-refractivity contribution is -0.384. The third-order valence-corrected chi connectivity index (χ3v) is 3.84. The molecule has 0 aromatic heterocycles. The number of aryl methyl sites for hydroxylation is 1. The lowest BCUT2D eigenvalue weighted by atomic mass is 9.97. The summed E-state index contributed by atoms with van der Waals surface area (Å²) in [6, 6.07) is 5.52. The Morgan fingerprint density at radius 1 is 1.47 bits per heavy atom. The van der Waals surface area contributed by atoms with Crippen molar-refractivity contribution >= 4 is 11.4 Å². The SMILES string of the molecule is Cc1ccc([N+](=O)[O-])cc1N1CCCCC1CCN. The first-order valence-corrected chi connectivity index (χ1v) is 6.85. The number of nitro groups is 1. The Morgan fingerprint density at radius 2 is 2.26 bits per heavy atom. The number of nitrogens with zero attached hydrogens (tertiary/aromatic N) is 2. The van der Waals surface area contributed by atoms with E-state index in [4.69, 9.17) is 5.73 Å². The Balaban J connectivity index is 2.32. The van der Waals surface area contributed by atoms with Gasteiger partial charge in [0.1, 0.15) is 0 Å². The van der Waals surface area contributed by atoms with Crippen molar-refractivity contribution in [1.82, 2.24) is 0 Å². The quantitative estimate of drug-likeness (QED) is 0.669. The highest BCUT2D eigenvalue weighted by Gasteiger charge is 2.24. The Hall–Kier alpha value is -1.62. The van der Waals surface area contributed by atoms with E-state index in [9.17, 15) is 10.1 Å². The predicted molar refractivity (Wildman–Crippen MR) is 76.5 cm³/mol. The van der Waals surface area contributed by atoms with Gasteiger partial charge in [-0.3, -0.25) is 10.1 Å². The van der Waals surface area contributed by atoms with E-state index in [-0.39, 0.29) is 10.6 Å². The largest absolute Gasteiger partial charge is 0.368 e. The zero-order chi connectivity index (χ0) is 13.8. The third-order valence-electron chi connectivity index (χ3n) is 3.84. The molecule has 1 saturated heterocycles. The van der Waals surface area contributed by atoms with Crippen LogP contribution in [0.5, 0.6) is 0 Å². The molecule has 0 radical (unpaired) electrons. The van der Waals surface area contributed by atoms with Crippen molar-refractivity contribution in [3.05, 3.63) is 33.9 Å². The van der Waals surface area contributed by atoms with E-state index in [1.807, 2.05) is 13.0 Å². The second-order valence-corrected chi connectivity index (χ2v) is 5.15. The van der Waals surface area contributed by atoms with Crippen LogP contribution >= 0.6 is 0 Å². The summed E-state index contributed by atoms with van der Waals surface area (Å²) in [7, 11) is 0. The molecule has 0 amide bonds. The summed E-state index contributed by atoms with van der Waals surface area (Å²) in [6.45, 7) is 3.63. The number of anilines is 1. The Labute approximate surface area is 113 Å². The standard InChI is InChI=1S/C14H21N3O2/c1-11-5-6-13(17(18)19)10-14(11)16-9-3-2-4-12(16)7-8-15/h5-6,10,12H,2-4,7-9,15H2,1H3. The fraction of sp³-hybridized carbons (Fsp3) is 0.571. The molecule has 1 heterocycles. The highest BCUT2D eigenvalue weighted by molar-refractivity contribution is 5.59. The maximum Gasteiger partial charge on any atom is 0.271 e. The van der Waals surface area contributed by atoms with E-state index in [1.165, 1.54) is 6.42 Å². The van der Waals surface area contributed by atoms with Gasteiger partial charge in [-0.2, -0.15) is 0 Å². The molecule has 1 atom stereocenters. The minimum atomic E-state index is -0.329. The highest BCUT2D eigenvalue weighted by atomic mass is 16.6. The van der Waals surface area contributed by atoms with Crippen molar-refractivity contribution in [2.24, 2.45) is 5.73 Å². The van der Waals surface area contributed by atoms with Crippen molar-refractivity contribution in [2.75, 3.05) is 18.0 Å². The molecule has 0 aliphatic carbocycles. The first-order valence-electron chi connectivity index (χ1n) is 6.85. The van der Waals surface area contributed by atoms with Crippen molar-refractivity contribution < 1.29 is 4.92 Å². The zero-order valence-corrected chi connectivity index (χ0v) is 11.3. The maximum atomic E-state index is 10.9. The number of non-ortho nitro benzene ring substituents is 1. The smallest absolute Gasteiger partial charge is 0.271 e. The van der Waals surface area contributed by atoms with Gasteiger partial charge in [0.25, 0.3) is 5.69 Å². The Kier molecular flexibility index (Phi) is 4.37. The van der Waals surface area contributed by atoms with Gasteiger partial charge in [0.05, 0.1) is 4.92 Å². The topological polar surface area (TPSA) is 72.4 Å². The molecule has 1 unspecified atom stereocenters. The van der Waals surface area contributed by atoms with Crippen molar-refractivity contribution in [3.63, 3.8) is 0 Å². The molecule has 104 valence electrons. The number of piperidine rings is 1. The average molecular weight is 263 g/mol. The first-order chi connectivity index (χ1) is 9.13. The van der Waals surface area contributed by atoms with E-state index < -0.39 is 0 Å². The van der Waals surface area contributed by atoms with Crippen LogP contribution in [0.4, 0.5) is 11.4 Å². The molecule has 2 rings (SSSR count). The summed E-state index contributed by atoms with van der Waals surface area (Å²) < 4.78 is 0. The highest BCUT2D eigenvalue weighted by Crippen LogP contribution is 2.31. The number of rotatable bonds is 4. The third kappa shape index (κ3) is 3.04. The van der Waals surface area contributed by atoms with Crippen molar-refractivity contribution in [2.45, 2.75) is 38.6 Å². The molecule has 5 heteroatoms. The molecular weight excluding hydrogens is 242 g/mol. The average Bonchev–Trinajstić information content (AvgIpc) is 2.40. The van der Waals surface area contributed by atoms with Gasteiger partial charge in [-0.15, -0.1) is 0 Å². The lowest BCUT2D eigenvalue weighted by Crippen LogP contribution is -2.41. The molecular formula is C14H21N3O2. The van der Waals surface area contributed by atoms with Gasteiger partial charge in [0, 0.05) is 30.4 Å². The lowest BCUT2D eigenvalue weighted by Gasteiger charge is -2.38. The zero-order valence-electron chi connectivity index (χ0n) is 11.3. The van der Waals surface area contributed by atoms with Gasteiger partial charge in [0.15, 0.2) is 0 Å². The maximum absolute atomic E-state index is 10.9. The van der Waals surface area contributed by atoms with Gasteiger partial charge in [-0.1, -0.05) is 6.07 Å².